The fourth-order valence-electron chi connectivity index (χ4n) is 8.08. The van der Waals surface area contributed by atoms with Crippen LogP contribution < -0.4 is 11.1 Å². The molecule has 0 aromatic rings. The van der Waals surface area contributed by atoms with Crippen LogP contribution in [0.4, 0.5) is 0 Å². The predicted octanol–water partition coefficient (Wildman–Crippen LogP) is 15.0. The molecular weight excluding hydrogens is 744 g/mol. The molecule has 0 rings (SSSR count). The van der Waals surface area contributed by atoms with Crippen molar-refractivity contribution in [2.24, 2.45) is 5.73 Å². The molecular formula is C49H101N2O6P. The van der Waals surface area contributed by atoms with E-state index in [1.54, 1.807) is 0 Å². The Balaban J connectivity index is 3.99. The summed E-state index contributed by atoms with van der Waals surface area (Å²) in [6, 6.07) is -0.768. The van der Waals surface area contributed by atoms with E-state index in [9.17, 15) is 19.4 Å². The standard InChI is InChI=1S/C49H101N2O6P/c1-3-5-7-9-11-13-15-17-19-21-22-23-24-25-27-29-31-33-35-37-39-41-43-49(53)51-47(46-57-58(54,55)56-45-44-50)48(52)42-40-38-36-34-32-30-28-26-20-18-16-14-12-10-8-6-4-2/h47-48,52H,3-46,50H2,1-2H3,(H,51,53)(H,54,55)/t47-,48+/m0/s1. The van der Waals surface area contributed by atoms with Crippen LogP contribution in [0.15, 0.2) is 0 Å². The third-order valence-electron chi connectivity index (χ3n) is 12.0. The second kappa shape index (κ2) is 46.0. The second-order valence-electron chi connectivity index (χ2n) is 17.7. The van der Waals surface area contributed by atoms with Crippen molar-refractivity contribution in [1.29, 1.82) is 0 Å². The molecule has 9 heteroatoms. The van der Waals surface area contributed by atoms with E-state index in [0.29, 0.717) is 12.8 Å². The lowest BCUT2D eigenvalue weighted by molar-refractivity contribution is -0.123. The molecule has 0 fully saturated rings. The number of carbonyl (C=O) groups excluding carboxylic acids is 1. The van der Waals surface area contributed by atoms with E-state index in [1.807, 2.05) is 0 Å². The smallest absolute Gasteiger partial charge is 0.391 e. The number of aliphatic hydroxyl groups is 1. The summed E-state index contributed by atoms with van der Waals surface area (Å²) < 4.78 is 22.3. The molecule has 0 aliphatic heterocycles. The molecule has 0 aliphatic carbocycles. The minimum absolute atomic E-state index is 0.0928. The Bertz CT molecular complexity index is 880. The summed E-state index contributed by atoms with van der Waals surface area (Å²) in [7, 11) is -4.31. The van der Waals surface area contributed by atoms with E-state index in [-0.39, 0.29) is 25.7 Å². The summed E-state index contributed by atoms with van der Waals surface area (Å²) in [6.07, 6.45) is 51.2. The van der Waals surface area contributed by atoms with Gasteiger partial charge in [-0.25, -0.2) is 4.57 Å². The van der Waals surface area contributed by atoms with Gasteiger partial charge >= 0.3 is 7.82 Å². The molecule has 1 unspecified atom stereocenters. The highest BCUT2D eigenvalue weighted by Gasteiger charge is 2.27. The lowest BCUT2D eigenvalue weighted by atomic mass is 10.0. The SMILES string of the molecule is CCCCCCCCCCCCCCCCCCCCCCCCC(=O)N[C@@H](COP(=O)(O)OCCN)[C@H](O)CCCCCCCCCCCCCCCCCCC. The van der Waals surface area contributed by atoms with E-state index >= 15 is 0 Å². The first-order valence-electron chi connectivity index (χ1n) is 25.7. The van der Waals surface area contributed by atoms with E-state index < -0.39 is 20.0 Å². The van der Waals surface area contributed by atoms with Crippen molar-refractivity contribution < 1.29 is 28.4 Å². The molecule has 0 saturated carbocycles. The van der Waals surface area contributed by atoms with Crippen LogP contribution in [-0.4, -0.2) is 47.8 Å². The number of phosphoric acid groups is 1. The molecule has 348 valence electrons. The van der Waals surface area contributed by atoms with Crippen molar-refractivity contribution >= 4 is 13.7 Å². The maximum absolute atomic E-state index is 12.8. The molecule has 58 heavy (non-hydrogen) atoms. The number of rotatable bonds is 49. The fraction of sp³-hybridized carbons (Fsp3) is 0.980. The average molecular weight is 845 g/mol. The molecule has 0 aromatic carbocycles. The Morgan fingerprint density at radius 1 is 0.500 bits per heavy atom. The molecule has 1 amide bonds. The van der Waals surface area contributed by atoms with Gasteiger partial charge in [0.05, 0.1) is 25.4 Å². The van der Waals surface area contributed by atoms with Crippen LogP contribution in [0.25, 0.3) is 0 Å². The third-order valence-corrected chi connectivity index (χ3v) is 12.9. The van der Waals surface area contributed by atoms with Gasteiger partial charge in [0.2, 0.25) is 5.91 Å². The van der Waals surface area contributed by atoms with Gasteiger partial charge in [-0.05, 0) is 12.8 Å². The minimum atomic E-state index is -4.31. The molecule has 0 heterocycles. The minimum Gasteiger partial charge on any atom is -0.391 e. The van der Waals surface area contributed by atoms with Gasteiger partial charge in [-0.15, -0.1) is 0 Å². The van der Waals surface area contributed by atoms with Crippen LogP contribution in [-0.2, 0) is 18.4 Å². The van der Waals surface area contributed by atoms with Gasteiger partial charge in [0.1, 0.15) is 0 Å². The number of nitrogens with two attached hydrogens (primary N) is 1. The molecule has 3 atom stereocenters. The number of hydrogen-bond donors (Lipinski definition) is 4. The van der Waals surface area contributed by atoms with Crippen molar-refractivity contribution in [3.05, 3.63) is 0 Å². The number of nitrogens with one attached hydrogen (secondary N) is 1. The molecule has 5 N–H and O–H groups in total. The van der Waals surface area contributed by atoms with Crippen LogP contribution >= 0.6 is 7.82 Å². The Kier molecular flexibility index (Phi) is 45.6. The fourth-order valence-corrected chi connectivity index (χ4v) is 8.84. The number of unbranched alkanes of at least 4 members (excludes halogenated alkanes) is 37. The van der Waals surface area contributed by atoms with Crippen LogP contribution in [0.5, 0.6) is 0 Å². The van der Waals surface area contributed by atoms with E-state index in [2.05, 4.69) is 19.2 Å². The van der Waals surface area contributed by atoms with Crippen molar-refractivity contribution in [2.75, 3.05) is 19.8 Å². The maximum Gasteiger partial charge on any atom is 0.472 e. The Morgan fingerprint density at radius 3 is 1.10 bits per heavy atom. The molecule has 0 aromatic heterocycles. The monoisotopic (exact) mass is 845 g/mol. The molecule has 8 nitrogen and oxygen atoms in total. The first-order chi connectivity index (χ1) is 28.4. The summed E-state index contributed by atoms with van der Waals surface area (Å²) in [6.45, 7) is 4.26. The van der Waals surface area contributed by atoms with Crippen LogP contribution in [0.1, 0.15) is 277 Å². The van der Waals surface area contributed by atoms with Crippen LogP contribution in [0.3, 0.4) is 0 Å². The number of aliphatic hydroxyl groups excluding tert-OH is 1. The second-order valence-corrected chi connectivity index (χ2v) is 19.2. The summed E-state index contributed by atoms with van der Waals surface area (Å²) >= 11 is 0. The van der Waals surface area contributed by atoms with Crippen LogP contribution in [0.2, 0.25) is 0 Å². The van der Waals surface area contributed by atoms with Gasteiger partial charge in [0.25, 0.3) is 0 Å². The molecule has 0 saturated heterocycles. The Labute approximate surface area is 361 Å². The van der Waals surface area contributed by atoms with Crippen molar-refractivity contribution in [1.82, 2.24) is 5.32 Å². The van der Waals surface area contributed by atoms with E-state index in [4.69, 9.17) is 14.8 Å². The lowest BCUT2D eigenvalue weighted by Gasteiger charge is -2.25. The third kappa shape index (κ3) is 43.6. The van der Waals surface area contributed by atoms with E-state index in [0.717, 1.165) is 38.5 Å². The highest BCUT2D eigenvalue weighted by atomic mass is 31.2. The first kappa shape index (κ1) is 57.5. The van der Waals surface area contributed by atoms with E-state index in [1.165, 1.54) is 212 Å². The predicted molar refractivity (Wildman–Crippen MR) is 249 cm³/mol. The number of hydrogen-bond acceptors (Lipinski definition) is 6. The molecule has 0 radical (unpaired) electrons. The summed E-state index contributed by atoms with van der Waals surface area (Å²) in [5.41, 5.74) is 5.40. The lowest BCUT2D eigenvalue weighted by Crippen LogP contribution is -2.46. The van der Waals surface area contributed by atoms with Crippen molar-refractivity contribution in [3.63, 3.8) is 0 Å². The highest BCUT2D eigenvalue weighted by Crippen LogP contribution is 2.43. The summed E-state index contributed by atoms with van der Waals surface area (Å²) in [5, 5.41) is 13.9. The summed E-state index contributed by atoms with van der Waals surface area (Å²) in [5.74, 6) is -0.154. The number of carbonyl (C=O) groups is 1. The molecule has 0 aliphatic rings. The highest BCUT2D eigenvalue weighted by molar-refractivity contribution is 7.47. The van der Waals surface area contributed by atoms with Gasteiger partial charge in [0, 0.05) is 13.0 Å². The number of phosphoric ester groups is 1. The molecule has 0 bridgehead atoms. The topological polar surface area (TPSA) is 131 Å². The zero-order valence-electron chi connectivity index (χ0n) is 38.8. The number of amides is 1. The van der Waals surface area contributed by atoms with Gasteiger partial charge in [-0.1, -0.05) is 258 Å². The zero-order valence-corrected chi connectivity index (χ0v) is 39.7. The first-order valence-corrected chi connectivity index (χ1v) is 27.1. The Morgan fingerprint density at radius 2 is 0.793 bits per heavy atom. The van der Waals surface area contributed by atoms with Gasteiger partial charge in [-0.3, -0.25) is 13.8 Å². The average Bonchev–Trinajstić information content (AvgIpc) is 3.21. The normalized spacial score (nSPS) is 13.8. The van der Waals surface area contributed by atoms with Gasteiger partial charge < -0.3 is 21.1 Å². The van der Waals surface area contributed by atoms with Gasteiger partial charge in [0.15, 0.2) is 0 Å². The largest absolute Gasteiger partial charge is 0.472 e. The Hall–Kier alpha value is -0.500. The quantitative estimate of drug-likeness (QED) is 0.0354. The van der Waals surface area contributed by atoms with Crippen molar-refractivity contribution in [3.8, 4) is 0 Å². The van der Waals surface area contributed by atoms with Crippen molar-refractivity contribution in [2.45, 2.75) is 289 Å². The van der Waals surface area contributed by atoms with Gasteiger partial charge in [-0.2, -0.15) is 0 Å². The summed E-state index contributed by atoms with van der Waals surface area (Å²) in [4.78, 5) is 22.8. The maximum atomic E-state index is 12.8. The molecule has 0 spiro atoms. The van der Waals surface area contributed by atoms with Crippen LogP contribution in [0, 0.1) is 0 Å². The zero-order chi connectivity index (χ0) is 42.5.